The summed E-state index contributed by atoms with van der Waals surface area (Å²) in [5, 5.41) is 3.27. The molecule has 1 N–H and O–H groups in total. The van der Waals surface area contributed by atoms with Gasteiger partial charge in [-0.25, -0.2) is 4.98 Å². The van der Waals surface area contributed by atoms with Crippen molar-refractivity contribution in [2.75, 3.05) is 18.5 Å². The first-order valence-electron chi connectivity index (χ1n) is 6.65. The standard InChI is InChI=1S/C14H23N3O/c1-4-7-10-18-14-11-13(15-9-6-3)16-12(17-14)8-5-2/h4,7,11H,5-6,8-10H2,1-3H3,(H,15,16,17)/b7-4+. The van der Waals surface area contributed by atoms with Gasteiger partial charge in [0.2, 0.25) is 5.88 Å². The maximum absolute atomic E-state index is 5.58. The summed E-state index contributed by atoms with van der Waals surface area (Å²) in [6, 6.07) is 1.86. The number of aryl methyl sites for hydroxylation is 1. The molecular formula is C14H23N3O. The fourth-order valence-corrected chi connectivity index (χ4v) is 1.46. The molecule has 0 bridgehead atoms. The lowest BCUT2D eigenvalue weighted by Gasteiger charge is -2.09. The molecule has 1 heterocycles. The van der Waals surface area contributed by atoms with Crippen LogP contribution in [0.4, 0.5) is 5.82 Å². The maximum atomic E-state index is 5.58. The third-order valence-electron chi connectivity index (χ3n) is 2.34. The van der Waals surface area contributed by atoms with Gasteiger partial charge in [0.25, 0.3) is 0 Å². The molecule has 0 saturated heterocycles. The lowest BCUT2D eigenvalue weighted by atomic mass is 10.3. The monoisotopic (exact) mass is 249 g/mol. The molecule has 0 saturated carbocycles. The van der Waals surface area contributed by atoms with Gasteiger partial charge in [-0.1, -0.05) is 26.0 Å². The molecule has 0 fully saturated rings. The minimum absolute atomic E-state index is 0.548. The van der Waals surface area contributed by atoms with Crippen LogP contribution in [0.2, 0.25) is 0 Å². The molecule has 18 heavy (non-hydrogen) atoms. The summed E-state index contributed by atoms with van der Waals surface area (Å²) in [6.07, 6.45) is 6.90. The van der Waals surface area contributed by atoms with Crippen LogP contribution in [0, 0.1) is 0 Å². The Hall–Kier alpha value is -1.58. The van der Waals surface area contributed by atoms with Crippen molar-refractivity contribution in [1.29, 1.82) is 0 Å². The molecule has 0 aliphatic carbocycles. The minimum Gasteiger partial charge on any atom is -0.473 e. The van der Waals surface area contributed by atoms with E-state index >= 15 is 0 Å². The van der Waals surface area contributed by atoms with Gasteiger partial charge in [-0.15, -0.1) is 0 Å². The maximum Gasteiger partial charge on any atom is 0.219 e. The average Bonchev–Trinajstić information content (AvgIpc) is 2.37. The Morgan fingerprint density at radius 1 is 1.28 bits per heavy atom. The fourth-order valence-electron chi connectivity index (χ4n) is 1.46. The van der Waals surface area contributed by atoms with Gasteiger partial charge < -0.3 is 10.1 Å². The molecule has 0 atom stereocenters. The van der Waals surface area contributed by atoms with Gasteiger partial charge in [0.15, 0.2) is 0 Å². The van der Waals surface area contributed by atoms with Gasteiger partial charge in [-0.3, -0.25) is 0 Å². The number of ether oxygens (including phenoxy) is 1. The van der Waals surface area contributed by atoms with Crippen molar-refractivity contribution < 1.29 is 4.74 Å². The first kappa shape index (κ1) is 14.5. The predicted octanol–water partition coefficient (Wildman–Crippen LogP) is 3.21. The first-order chi connectivity index (χ1) is 8.80. The molecule has 0 aromatic carbocycles. The van der Waals surface area contributed by atoms with Gasteiger partial charge in [0.05, 0.1) is 0 Å². The number of anilines is 1. The summed E-state index contributed by atoms with van der Waals surface area (Å²) < 4.78 is 5.58. The highest BCUT2D eigenvalue weighted by atomic mass is 16.5. The van der Waals surface area contributed by atoms with Gasteiger partial charge in [0, 0.05) is 19.0 Å². The van der Waals surface area contributed by atoms with E-state index in [2.05, 4.69) is 29.1 Å². The molecular weight excluding hydrogens is 226 g/mol. The van der Waals surface area contributed by atoms with Crippen molar-refractivity contribution in [3.63, 3.8) is 0 Å². The minimum atomic E-state index is 0.548. The fraction of sp³-hybridized carbons (Fsp3) is 0.571. The predicted molar refractivity (Wildman–Crippen MR) is 75.1 cm³/mol. The molecule has 0 aliphatic rings. The second-order valence-corrected chi connectivity index (χ2v) is 4.06. The zero-order valence-corrected chi connectivity index (χ0v) is 11.6. The van der Waals surface area contributed by atoms with Crippen LogP contribution < -0.4 is 10.1 Å². The molecule has 4 nitrogen and oxygen atoms in total. The lowest BCUT2D eigenvalue weighted by molar-refractivity contribution is 0.346. The number of hydrogen-bond acceptors (Lipinski definition) is 4. The van der Waals surface area contributed by atoms with Crippen LogP contribution in [0.5, 0.6) is 5.88 Å². The molecule has 1 aromatic heterocycles. The van der Waals surface area contributed by atoms with Crippen LogP contribution in [-0.2, 0) is 6.42 Å². The number of nitrogens with zero attached hydrogens (tertiary/aromatic N) is 2. The van der Waals surface area contributed by atoms with E-state index in [0.717, 1.165) is 37.4 Å². The van der Waals surface area contributed by atoms with E-state index in [1.165, 1.54) is 0 Å². The summed E-state index contributed by atoms with van der Waals surface area (Å²) in [7, 11) is 0. The second-order valence-electron chi connectivity index (χ2n) is 4.06. The molecule has 1 rings (SSSR count). The summed E-state index contributed by atoms with van der Waals surface area (Å²) in [5.41, 5.74) is 0. The summed E-state index contributed by atoms with van der Waals surface area (Å²) in [4.78, 5) is 8.86. The summed E-state index contributed by atoms with van der Waals surface area (Å²) in [5.74, 6) is 2.34. The number of hydrogen-bond donors (Lipinski definition) is 1. The largest absolute Gasteiger partial charge is 0.473 e. The average molecular weight is 249 g/mol. The Morgan fingerprint density at radius 3 is 2.78 bits per heavy atom. The highest BCUT2D eigenvalue weighted by Gasteiger charge is 2.04. The normalized spacial score (nSPS) is 10.8. The Labute approximate surface area is 109 Å². The van der Waals surface area contributed by atoms with Crippen LogP contribution in [0.1, 0.15) is 39.4 Å². The highest BCUT2D eigenvalue weighted by molar-refractivity contribution is 5.38. The molecule has 4 heteroatoms. The molecule has 0 spiro atoms. The lowest BCUT2D eigenvalue weighted by Crippen LogP contribution is -2.07. The molecule has 0 unspecified atom stereocenters. The summed E-state index contributed by atoms with van der Waals surface area (Å²) >= 11 is 0. The third kappa shape index (κ3) is 5.17. The van der Waals surface area contributed by atoms with Gasteiger partial charge in [-0.2, -0.15) is 4.98 Å². The van der Waals surface area contributed by atoms with Crippen LogP contribution in [-0.4, -0.2) is 23.1 Å². The van der Waals surface area contributed by atoms with Crippen molar-refractivity contribution in [3.8, 4) is 5.88 Å². The van der Waals surface area contributed by atoms with Crippen LogP contribution >= 0.6 is 0 Å². The van der Waals surface area contributed by atoms with Crippen molar-refractivity contribution in [3.05, 3.63) is 24.0 Å². The SMILES string of the molecule is C/C=C/COc1cc(NCCC)nc(CCC)n1. The Balaban J connectivity index is 2.76. The van der Waals surface area contributed by atoms with Crippen molar-refractivity contribution in [2.24, 2.45) is 0 Å². The van der Waals surface area contributed by atoms with Gasteiger partial charge in [0.1, 0.15) is 18.2 Å². The third-order valence-corrected chi connectivity index (χ3v) is 2.34. The number of nitrogens with one attached hydrogen (secondary N) is 1. The van der Waals surface area contributed by atoms with Crippen molar-refractivity contribution >= 4 is 5.82 Å². The molecule has 100 valence electrons. The number of aromatic nitrogens is 2. The van der Waals surface area contributed by atoms with E-state index in [1.807, 2.05) is 25.1 Å². The van der Waals surface area contributed by atoms with E-state index < -0.39 is 0 Å². The zero-order chi connectivity index (χ0) is 13.2. The van der Waals surface area contributed by atoms with E-state index in [1.54, 1.807) is 0 Å². The first-order valence-corrected chi connectivity index (χ1v) is 6.65. The van der Waals surface area contributed by atoms with Crippen molar-refractivity contribution in [2.45, 2.75) is 40.0 Å². The molecule has 1 aromatic rings. The molecule has 0 aliphatic heterocycles. The smallest absolute Gasteiger partial charge is 0.219 e. The van der Waals surface area contributed by atoms with Gasteiger partial charge in [-0.05, 0) is 19.8 Å². The Kier molecular flexibility index (Phi) is 6.84. The van der Waals surface area contributed by atoms with E-state index in [4.69, 9.17) is 4.74 Å². The number of rotatable bonds is 8. The van der Waals surface area contributed by atoms with E-state index in [-0.39, 0.29) is 0 Å². The van der Waals surface area contributed by atoms with Gasteiger partial charge >= 0.3 is 0 Å². The topological polar surface area (TPSA) is 47.0 Å². The van der Waals surface area contributed by atoms with E-state index in [9.17, 15) is 0 Å². The second kappa shape index (κ2) is 8.50. The van der Waals surface area contributed by atoms with Crippen LogP contribution in [0.25, 0.3) is 0 Å². The Morgan fingerprint density at radius 2 is 2.11 bits per heavy atom. The molecule has 0 amide bonds. The number of allylic oxidation sites excluding steroid dienone is 1. The van der Waals surface area contributed by atoms with E-state index in [0.29, 0.717) is 12.5 Å². The van der Waals surface area contributed by atoms with Crippen molar-refractivity contribution in [1.82, 2.24) is 9.97 Å². The Bertz CT molecular complexity index is 377. The van der Waals surface area contributed by atoms with Crippen LogP contribution in [0.3, 0.4) is 0 Å². The quantitative estimate of drug-likeness (QED) is 0.719. The zero-order valence-electron chi connectivity index (χ0n) is 11.6. The highest BCUT2D eigenvalue weighted by Crippen LogP contribution is 2.14. The van der Waals surface area contributed by atoms with Crippen LogP contribution in [0.15, 0.2) is 18.2 Å². The summed E-state index contributed by atoms with van der Waals surface area (Å²) in [6.45, 7) is 7.68. The molecule has 0 radical (unpaired) electrons.